The SMILES string of the molecule is COC1CCC(CC2(C)CCC(C=O)N2C(=O)OC(C)(C)C)CC1. The Balaban J connectivity index is 2.07. The lowest BCUT2D eigenvalue weighted by Gasteiger charge is -2.41. The lowest BCUT2D eigenvalue weighted by molar-refractivity contribution is -0.113. The Labute approximate surface area is 146 Å². The summed E-state index contributed by atoms with van der Waals surface area (Å²) in [7, 11) is 1.78. The lowest BCUT2D eigenvalue weighted by Crippen LogP contribution is -2.52. The first-order valence-corrected chi connectivity index (χ1v) is 9.19. The molecule has 1 saturated heterocycles. The molecule has 5 nitrogen and oxygen atoms in total. The normalized spacial score (nSPS) is 34.2. The highest BCUT2D eigenvalue weighted by molar-refractivity contribution is 5.75. The fourth-order valence-corrected chi connectivity index (χ4v) is 4.30. The maximum absolute atomic E-state index is 12.7. The van der Waals surface area contributed by atoms with E-state index in [-0.39, 0.29) is 17.7 Å². The third-order valence-electron chi connectivity index (χ3n) is 5.49. The van der Waals surface area contributed by atoms with E-state index in [1.165, 1.54) is 0 Å². The number of carbonyl (C=O) groups excluding carboxylic acids is 2. The first-order chi connectivity index (χ1) is 11.2. The highest BCUT2D eigenvalue weighted by Gasteiger charge is 2.48. The molecule has 24 heavy (non-hydrogen) atoms. The molecule has 0 bridgehead atoms. The molecule has 1 aliphatic carbocycles. The summed E-state index contributed by atoms with van der Waals surface area (Å²) in [5, 5.41) is 0. The third kappa shape index (κ3) is 4.50. The van der Waals surface area contributed by atoms with Crippen molar-refractivity contribution >= 4 is 12.4 Å². The van der Waals surface area contributed by atoms with E-state index >= 15 is 0 Å². The second-order valence-corrected chi connectivity index (χ2v) is 8.67. The molecule has 2 fully saturated rings. The summed E-state index contributed by atoms with van der Waals surface area (Å²) in [6.07, 6.45) is 7.87. The molecule has 2 aliphatic rings. The van der Waals surface area contributed by atoms with E-state index in [1.807, 2.05) is 20.8 Å². The van der Waals surface area contributed by atoms with Crippen LogP contribution in [-0.4, -0.2) is 47.7 Å². The number of carbonyl (C=O) groups is 2. The monoisotopic (exact) mass is 339 g/mol. The molecule has 1 saturated carbocycles. The van der Waals surface area contributed by atoms with Gasteiger partial charge in [0, 0.05) is 12.6 Å². The number of hydrogen-bond donors (Lipinski definition) is 0. The average Bonchev–Trinajstić information content (AvgIpc) is 2.83. The van der Waals surface area contributed by atoms with Gasteiger partial charge in [-0.15, -0.1) is 0 Å². The van der Waals surface area contributed by atoms with Crippen molar-refractivity contribution < 1.29 is 19.1 Å². The Morgan fingerprint density at radius 1 is 1.21 bits per heavy atom. The molecule has 0 aromatic carbocycles. The first-order valence-electron chi connectivity index (χ1n) is 9.19. The van der Waals surface area contributed by atoms with E-state index in [0.29, 0.717) is 12.0 Å². The van der Waals surface area contributed by atoms with Crippen LogP contribution in [0.25, 0.3) is 0 Å². The Bertz CT molecular complexity index is 451. The zero-order chi connectivity index (χ0) is 18.0. The zero-order valence-electron chi connectivity index (χ0n) is 15.8. The zero-order valence-corrected chi connectivity index (χ0v) is 15.8. The largest absolute Gasteiger partial charge is 0.444 e. The van der Waals surface area contributed by atoms with Gasteiger partial charge in [0.2, 0.25) is 0 Å². The van der Waals surface area contributed by atoms with Crippen LogP contribution in [0, 0.1) is 5.92 Å². The van der Waals surface area contributed by atoms with Crippen LogP contribution in [0.3, 0.4) is 0 Å². The molecule has 1 amide bonds. The highest BCUT2D eigenvalue weighted by atomic mass is 16.6. The third-order valence-corrected chi connectivity index (χ3v) is 5.49. The van der Waals surface area contributed by atoms with Crippen LogP contribution < -0.4 is 0 Å². The van der Waals surface area contributed by atoms with E-state index in [4.69, 9.17) is 9.47 Å². The summed E-state index contributed by atoms with van der Waals surface area (Å²) >= 11 is 0. The van der Waals surface area contributed by atoms with Gasteiger partial charge >= 0.3 is 6.09 Å². The minimum absolute atomic E-state index is 0.293. The molecule has 5 heteroatoms. The Hall–Kier alpha value is -1.10. The van der Waals surface area contributed by atoms with Crippen LogP contribution >= 0.6 is 0 Å². The van der Waals surface area contributed by atoms with Crippen molar-refractivity contribution in [1.82, 2.24) is 4.90 Å². The second-order valence-electron chi connectivity index (χ2n) is 8.67. The number of nitrogens with zero attached hydrogens (tertiary/aromatic N) is 1. The highest BCUT2D eigenvalue weighted by Crippen LogP contribution is 2.42. The Kier molecular flexibility index (Phi) is 5.95. The first kappa shape index (κ1) is 19.2. The fourth-order valence-electron chi connectivity index (χ4n) is 4.30. The molecule has 0 spiro atoms. The van der Waals surface area contributed by atoms with Gasteiger partial charge in [-0.25, -0.2) is 4.79 Å². The van der Waals surface area contributed by atoms with Gasteiger partial charge in [-0.05, 0) is 78.6 Å². The predicted molar refractivity (Wildman–Crippen MR) is 92.9 cm³/mol. The van der Waals surface area contributed by atoms with Gasteiger partial charge in [-0.2, -0.15) is 0 Å². The molecular weight excluding hydrogens is 306 g/mol. The van der Waals surface area contributed by atoms with E-state index in [1.54, 1.807) is 12.0 Å². The number of rotatable bonds is 4. The van der Waals surface area contributed by atoms with Crippen molar-refractivity contribution in [3.63, 3.8) is 0 Å². The molecule has 0 N–H and O–H groups in total. The minimum atomic E-state index is -0.551. The molecule has 2 rings (SSSR count). The van der Waals surface area contributed by atoms with E-state index in [0.717, 1.165) is 51.2 Å². The van der Waals surface area contributed by atoms with Crippen molar-refractivity contribution in [1.29, 1.82) is 0 Å². The molecule has 2 unspecified atom stereocenters. The maximum atomic E-state index is 12.7. The minimum Gasteiger partial charge on any atom is -0.444 e. The lowest BCUT2D eigenvalue weighted by atomic mass is 9.78. The summed E-state index contributed by atoms with van der Waals surface area (Å²) in [6, 6.07) is -0.361. The van der Waals surface area contributed by atoms with Crippen LogP contribution in [0.1, 0.15) is 72.6 Å². The van der Waals surface area contributed by atoms with Crippen LogP contribution in [0.4, 0.5) is 4.79 Å². The van der Waals surface area contributed by atoms with E-state index in [9.17, 15) is 9.59 Å². The average molecular weight is 339 g/mol. The van der Waals surface area contributed by atoms with Gasteiger partial charge in [0.15, 0.2) is 0 Å². The molecular formula is C19H33NO4. The maximum Gasteiger partial charge on any atom is 0.411 e. The Morgan fingerprint density at radius 3 is 2.33 bits per heavy atom. The van der Waals surface area contributed by atoms with Gasteiger partial charge < -0.3 is 14.3 Å². The smallest absolute Gasteiger partial charge is 0.411 e. The number of amides is 1. The molecule has 2 atom stereocenters. The van der Waals surface area contributed by atoms with E-state index < -0.39 is 5.60 Å². The van der Waals surface area contributed by atoms with Crippen molar-refractivity contribution in [3.05, 3.63) is 0 Å². The number of hydrogen-bond acceptors (Lipinski definition) is 4. The van der Waals surface area contributed by atoms with Gasteiger partial charge in [-0.3, -0.25) is 4.90 Å². The van der Waals surface area contributed by atoms with Crippen molar-refractivity contribution in [2.24, 2.45) is 5.92 Å². The van der Waals surface area contributed by atoms with Crippen LogP contribution in [0.15, 0.2) is 0 Å². The summed E-state index contributed by atoms with van der Waals surface area (Å²) in [4.78, 5) is 25.9. The molecule has 1 heterocycles. The van der Waals surface area contributed by atoms with Gasteiger partial charge in [0.1, 0.15) is 11.9 Å². The molecule has 0 aromatic heterocycles. The Morgan fingerprint density at radius 2 is 1.83 bits per heavy atom. The van der Waals surface area contributed by atoms with Crippen molar-refractivity contribution in [2.75, 3.05) is 7.11 Å². The number of methoxy groups -OCH3 is 1. The topological polar surface area (TPSA) is 55.8 Å². The van der Waals surface area contributed by atoms with Crippen molar-refractivity contribution in [2.45, 2.75) is 95.9 Å². The number of aldehydes is 1. The predicted octanol–water partition coefficient (Wildman–Crippen LogP) is 3.94. The summed E-state index contributed by atoms with van der Waals surface area (Å²) < 4.78 is 11.0. The van der Waals surface area contributed by atoms with Gasteiger partial charge in [0.25, 0.3) is 0 Å². The van der Waals surface area contributed by atoms with Crippen LogP contribution in [0.2, 0.25) is 0 Å². The number of likely N-dealkylation sites (tertiary alicyclic amines) is 1. The van der Waals surface area contributed by atoms with Crippen LogP contribution in [-0.2, 0) is 14.3 Å². The molecule has 138 valence electrons. The molecule has 1 aliphatic heterocycles. The van der Waals surface area contributed by atoms with Crippen molar-refractivity contribution in [3.8, 4) is 0 Å². The van der Waals surface area contributed by atoms with E-state index in [2.05, 4.69) is 6.92 Å². The number of ether oxygens (including phenoxy) is 2. The summed E-state index contributed by atoms with van der Waals surface area (Å²) in [5.41, 5.74) is -0.844. The quantitative estimate of drug-likeness (QED) is 0.728. The standard InChI is InChI=1S/C19H33NO4/c1-18(2,3)24-17(22)20-15(13-21)10-11-19(20,4)12-14-6-8-16(23-5)9-7-14/h13-16H,6-12H2,1-5H3. The molecule has 0 radical (unpaired) electrons. The van der Waals surface area contributed by atoms with Crippen LogP contribution in [0.5, 0.6) is 0 Å². The summed E-state index contributed by atoms with van der Waals surface area (Å²) in [6.45, 7) is 7.70. The molecule has 0 aromatic rings. The van der Waals surface area contributed by atoms with Gasteiger partial charge in [0.05, 0.1) is 12.1 Å². The second kappa shape index (κ2) is 7.42. The fraction of sp³-hybridized carbons (Fsp3) is 0.895. The van der Waals surface area contributed by atoms with Gasteiger partial charge in [-0.1, -0.05) is 0 Å². The summed E-state index contributed by atoms with van der Waals surface area (Å²) in [5.74, 6) is 0.580.